The van der Waals surface area contributed by atoms with Crippen LogP contribution in [0.5, 0.6) is 11.5 Å². The molecule has 0 unspecified atom stereocenters. The van der Waals surface area contributed by atoms with E-state index in [9.17, 15) is 0 Å². The Labute approximate surface area is 163 Å². The molecule has 0 bridgehead atoms. The van der Waals surface area contributed by atoms with Crippen LogP contribution in [0.2, 0.25) is 0 Å². The molecule has 2 fully saturated rings. The van der Waals surface area contributed by atoms with Crippen molar-refractivity contribution in [2.24, 2.45) is 0 Å². The third-order valence-corrected chi connectivity index (χ3v) is 5.82. The summed E-state index contributed by atoms with van der Waals surface area (Å²) in [5.74, 6) is 1.53. The van der Waals surface area contributed by atoms with Gasteiger partial charge in [-0.2, -0.15) is 0 Å². The predicted octanol–water partition coefficient (Wildman–Crippen LogP) is 3.38. The molecule has 5 nitrogen and oxygen atoms in total. The molecule has 0 radical (unpaired) electrons. The third-order valence-electron chi connectivity index (χ3n) is 5.82. The van der Waals surface area contributed by atoms with Crippen molar-refractivity contribution < 1.29 is 14.2 Å². The summed E-state index contributed by atoms with van der Waals surface area (Å²) in [5, 5.41) is 3.71. The van der Waals surface area contributed by atoms with E-state index >= 15 is 0 Å². The average Bonchev–Trinajstić information content (AvgIpc) is 2.74. The van der Waals surface area contributed by atoms with Crippen molar-refractivity contribution >= 4 is 0 Å². The van der Waals surface area contributed by atoms with E-state index in [0.29, 0.717) is 6.61 Å². The van der Waals surface area contributed by atoms with Gasteiger partial charge in [0.25, 0.3) is 0 Å². The Kier molecular flexibility index (Phi) is 7.56. The van der Waals surface area contributed by atoms with Crippen LogP contribution in [0.4, 0.5) is 0 Å². The maximum absolute atomic E-state index is 5.66. The van der Waals surface area contributed by atoms with Gasteiger partial charge in [0.2, 0.25) is 0 Å². The van der Waals surface area contributed by atoms with E-state index in [4.69, 9.17) is 14.2 Å². The van der Waals surface area contributed by atoms with Crippen molar-refractivity contribution in [3.05, 3.63) is 36.4 Å². The van der Waals surface area contributed by atoms with Crippen LogP contribution in [0.15, 0.2) is 30.9 Å². The second-order valence-electron chi connectivity index (χ2n) is 7.57. The fourth-order valence-corrected chi connectivity index (χ4v) is 4.25. The minimum Gasteiger partial charge on any atom is -0.493 e. The molecule has 0 aromatic heterocycles. The Hall–Kier alpha value is -1.56. The zero-order valence-electron chi connectivity index (χ0n) is 16.7. The summed E-state index contributed by atoms with van der Waals surface area (Å²) in [6.07, 6.45) is 8.01. The van der Waals surface area contributed by atoms with Crippen molar-refractivity contribution in [1.82, 2.24) is 10.2 Å². The molecule has 27 heavy (non-hydrogen) atoms. The summed E-state index contributed by atoms with van der Waals surface area (Å²) in [6, 6.07) is 6.14. The van der Waals surface area contributed by atoms with E-state index in [1.807, 2.05) is 6.07 Å². The third kappa shape index (κ3) is 5.24. The number of benzene rings is 1. The van der Waals surface area contributed by atoms with Crippen molar-refractivity contribution in [3.63, 3.8) is 0 Å². The molecular weight excluding hydrogens is 340 g/mol. The second-order valence-corrected chi connectivity index (χ2v) is 7.57. The molecule has 2 aliphatic rings. The molecule has 1 N–H and O–H groups in total. The van der Waals surface area contributed by atoms with Crippen molar-refractivity contribution in [2.75, 3.05) is 46.6 Å². The topological polar surface area (TPSA) is 43.0 Å². The van der Waals surface area contributed by atoms with Crippen LogP contribution in [0.3, 0.4) is 0 Å². The molecule has 3 rings (SSSR count). The van der Waals surface area contributed by atoms with E-state index in [1.54, 1.807) is 13.2 Å². The minimum atomic E-state index is 0.246. The quantitative estimate of drug-likeness (QED) is 0.671. The Morgan fingerprint density at radius 1 is 1.19 bits per heavy atom. The van der Waals surface area contributed by atoms with Crippen LogP contribution in [0, 0.1) is 0 Å². The molecule has 0 spiro atoms. The van der Waals surface area contributed by atoms with Gasteiger partial charge in [-0.3, -0.25) is 4.90 Å². The molecule has 5 heteroatoms. The zero-order valence-corrected chi connectivity index (χ0v) is 16.7. The summed E-state index contributed by atoms with van der Waals surface area (Å²) < 4.78 is 16.8. The van der Waals surface area contributed by atoms with Crippen molar-refractivity contribution in [1.29, 1.82) is 0 Å². The zero-order chi connectivity index (χ0) is 19.0. The molecular formula is C22H34N2O3. The number of methoxy groups -OCH3 is 1. The highest BCUT2D eigenvalue weighted by Crippen LogP contribution is 2.31. The molecule has 1 aromatic rings. The van der Waals surface area contributed by atoms with Crippen LogP contribution >= 0.6 is 0 Å². The van der Waals surface area contributed by atoms with E-state index < -0.39 is 0 Å². The largest absolute Gasteiger partial charge is 0.493 e. The summed E-state index contributed by atoms with van der Waals surface area (Å²) in [7, 11) is 1.68. The van der Waals surface area contributed by atoms with E-state index in [0.717, 1.165) is 50.6 Å². The maximum Gasteiger partial charge on any atom is 0.161 e. The maximum atomic E-state index is 5.66. The first-order chi connectivity index (χ1) is 13.3. The number of hydrogen-bond acceptors (Lipinski definition) is 5. The van der Waals surface area contributed by atoms with Crippen LogP contribution in [0.1, 0.15) is 37.7 Å². The lowest BCUT2D eigenvalue weighted by Crippen LogP contribution is -2.59. The van der Waals surface area contributed by atoms with Gasteiger partial charge in [-0.15, -0.1) is 0 Å². The molecule has 0 amide bonds. The van der Waals surface area contributed by atoms with Gasteiger partial charge in [-0.1, -0.05) is 25.1 Å². The average molecular weight is 375 g/mol. The molecule has 1 aromatic carbocycles. The highest BCUT2D eigenvalue weighted by atomic mass is 16.5. The number of hydrogen-bond donors (Lipinski definition) is 1. The standard InChI is InChI=1S/C22H34N2O3/c1-3-13-27-20-8-7-19(16-21(20)25-2)17-23-18-22(9-14-26-15-10-22)24-11-5-4-6-12-24/h3,7-8,16,23H,1,4-6,9-15,17-18H2,2H3. The van der Waals surface area contributed by atoms with Gasteiger partial charge in [-0.25, -0.2) is 0 Å². The molecule has 0 saturated carbocycles. The first-order valence-corrected chi connectivity index (χ1v) is 10.2. The lowest BCUT2D eigenvalue weighted by atomic mass is 9.86. The highest BCUT2D eigenvalue weighted by Gasteiger charge is 2.38. The fraction of sp³-hybridized carbons (Fsp3) is 0.636. The van der Waals surface area contributed by atoms with E-state index in [-0.39, 0.29) is 5.54 Å². The van der Waals surface area contributed by atoms with Crippen LogP contribution in [0.25, 0.3) is 0 Å². The Morgan fingerprint density at radius 3 is 2.67 bits per heavy atom. The summed E-state index contributed by atoms with van der Waals surface area (Å²) in [6.45, 7) is 10.2. The lowest BCUT2D eigenvalue weighted by molar-refractivity contribution is -0.0358. The summed E-state index contributed by atoms with van der Waals surface area (Å²) >= 11 is 0. The molecule has 2 aliphatic heterocycles. The monoisotopic (exact) mass is 374 g/mol. The number of likely N-dealkylation sites (tertiary alicyclic amines) is 1. The molecule has 0 atom stereocenters. The first-order valence-electron chi connectivity index (χ1n) is 10.2. The van der Waals surface area contributed by atoms with Crippen molar-refractivity contribution in [3.8, 4) is 11.5 Å². The summed E-state index contributed by atoms with van der Waals surface area (Å²) in [5.41, 5.74) is 1.45. The van der Waals surface area contributed by atoms with Gasteiger partial charge < -0.3 is 19.5 Å². The Bertz CT molecular complexity index is 593. The SMILES string of the molecule is C=CCOc1ccc(CNCC2(N3CCCCC3)CCOCC2)cc1OC. The smallest absolute Gasteiger partial charge is 0.161 e. The van der Waals surface area contributed by atoms with Gasteiger partial charge in [0.1, 0.15) is 6.61 Å². The normalized spacial score (nSPS) is 20.2. The van der Waals surface area contributed by atoms with E-state index in [2.05, 4.69) is 28.9 Å². The molecule has 2 heterocycles. The van der Waals surface area contributed by atoms with Crippen LogP contribution < -0.4 is 14.8 Å². The van der Waals surface area contributed by atoms with Crippen LogP contribution in [-0.2, 0) is 11.3 Å². The van der Waals surface area contributed by atoms with Gasteiger partial charge in [0.05, 0.1) is 7.11 Å². The molecule has 0 aliphatic carbocycles. The number of ether oxygens (including phenoxy) is 3. The van der Waals surface area contributed by atoms with Gasteiger partial charge in [0.15, 0.2) is 11.5 Å². The van der Waals surface area contributed by atoms with Gasteiger partial charge in [-0.05, 0) is 56.5 Å². The van der Waals surface area contributed by atoms with Crippen molar-refractivity contribution in [2.45, 2.75) is 44.2 Å². The molecule has 150 valence electrons. The van der Waals surface area contributed by atoms with Gasteiger partial charge in [0, 0.05) is 31.8 Å². The second kappa shape index (κ2) is 10.1. The Balaban J connectivity index is 1.60. The number of rotatable bonds is 9. The fourth-order valence-electron chi connectivity index (χ4n) is 4.25. The minimum absolute atomic E-state index is 0.246. The number of nitrogens with one attached hydrogen (secondary N) is 1. The number of nitrogens with zero attached hydrogens (tertiary/aromatic N) is 1. The van der Waals surface area contributed by atoms with Crippen LogP contribution in [-0.4, -0.2) is 57.0 Å². The first kappa shape index (κ1) is 20.2. The Morgan fingerprint density at radius 2 is 1.96 bits per heavy atom. The predicted molar refractivity (Wildman–Crippen MR) is 109 cm³/mol. The summed E-state index contributed by atoms with van der Waals surface area (Å²) in [4.78, 5) is 2.72. The van der Waals surface area contributed by atoms with E-state index in [1.165, 1.54) is 37.9 Å². The lowest BCUT2D eigenvalue weighted by Gasteiger charge is -2.48. The highest BCUT2D eigenvalue weighted by molar-refractivity contribution is 5.43. The number of piperidine rings is 1. The molecule has 2 saturated heterocycles. The van der Waals surface area contributed by atoms with Gasteiger partial charge >= 0.3 is 0 Å².